The van der Waals surface area contributed by atoms with Gasteiger partial charge in [0.2, 0.25) is 0 Å². The maximum Gasteiger partial charge on any atom is 0.127 e. The van der Waals surface area contributed by atoms with Crippen LogP contribution in [0.1, 0.15) is 54.0 Å². The lowest BCUT2D eigenvalue weighted by atomic mass is 9.79. The molecule has 1 unspecified atom stereocenters. The first-order chi connectivity index (χ1) is 17.3. The Kier molecular flexibility index (Phi) is 6.63. The van der Waals surface area contributed by atoms with Crippen LogP contribution in [0.2, 0.25) is 0 Å². The molecule has 3 aromatic rings. The number of ether oxygens (including phenoxy) is 2. The number of hydrogen-bond donors (Lipinski definition) is 0. The lowest BCUT2D eigenvalue weighted by molar-refractivity contribution is 0.105. The summed E-state index contributed by atoms with van der Waals surface area (Å²) in [6.45, 7) is 15.5. The summed E-state index contributed by atoms with van der Waals surface area (Å²) < 4.78 is 12.0. The summed E-state index contributed by atoms with van der Waals surface area (Å²) in [5.74, 6) is 2.42. The summed E-state index contributed by atoms with van der Waals surface area (Å²) in [5.41, 5.74) is 9.41. The van der Waals surface area contributed by atoms with Gasteiger partial charge in [-0.05, 0) is 94.0 Å². The van der Waals surface area contributed by atoms with Gasteiger partial charge in [0.05, 0.1) is 7.11 Å². The molecule has 0 aliphatic carbocycles. The highest BCUT2D eigenvalue weighted by atomic mass is 16.5. The number of piperazine rings is 1. The molecule has 1 saturated heterocycles. The largest absolute Gasteiger partial charge is 0.497 e. The summed E-state index contributed by atoms with van der Waals surface area (Å²) in [7, 11) is 1.72. The van der Waals surface area contributed by atoms with E-state index in [1.807, 2.05) is 0 Å². The molecule has 0 radical (unpaired) electrons. The predicted octanol–water partition coefficient (Wildman–Crippen LogP) is 6.83. The fraction of sp³-hybridized carbons (Fsp3) is 0.438. The molecule has 1 fully saturated rings. The minimum atomic E-state index is -0.204. The van der Waals surface area contributed by atoms with E-state index in [4.69, 9.17) is 9.47 Å². The highest BCUT2D eigenvalue weighted by Crippen LogP contribution is 2.53. The molecule has 2 aliphatic rings. The molecule has 2 heterocycles. The zero-order chi connectivity index (χ0) is 25.4. The van der Waals surface area contributed by atoms with E-state index in [9.17, 15) is 0 Å². The second kappa shape index (κ2) is 9.72. The van der Waals surface area contributed by atoms with Crippen LogP contribution in [0.25, 0.3) is 0 Å². The van der Waals surface area contributed by atoms with Crippen molar-refractivity contribution >= 4 is 11.4 Å². The van der Waals surface area contributed by atoms with Gasteiger partial charge in [-0.2, -0.15) is 0 Å². The molecule has 4 heteroatoms. The van der Waals surface area contributed by atoms with Gasteiger partial charge < -0.3 is 19.3 Å². The minimum absolute atomic E-state index is 0.204. The van der Waals surface area contributed by atoms with E-state index in [1.54, 1.807) is 7.11 Å². The van der Waals surface area contributed by atoms with E-state index >= 15 is 0 Å². The van der Waals surface area contributed by atoms with Crippen molar-refractivity contribution in [2.24, 2.45) is 0 Å². The highest BCUT2D eigenvalue weighted by molar-refractivity contribution is 5.71. The second-order valence-corrected chi connectivity index (χ2v) is 10.9. The van der Waals surface area contributed by atoms with Crippen LogP contribution in [0.4, 0.5) is 11.4 Å². The van der Waals surface area contributed by atoms with Gasteiger partial charge in [0.25, 0.3) is 0 Å². The molecule has 0 aromatic heterocycles. The molecule has 0 amide bonds. The topological polar surface area (TPSA) is 24.9 Å². The Morgan fingerprint density at radius 2 is 1.47 bits per heavy atom. The number of anilines is 2. The monoisotopic (exact) mass is 484 g/mol. The molecule has 0 bridgehead atoms. The number of rotatable bonds is 6. The van der Waals surface area contributed by atoms with Crippen molar-refractivity contribution in [1.82, 2.24) is 0 Å². The summed E-state index contributed by atoms with van der Waals surface area (Å²) in [4.78, 5) is 5.09. The Hall–Kier alpha value is -3.14. The van der Waals surface area contributed by atoms with Crippen LogP contribution in [0.5, 0.6) is 11.5 Å². The third kappa shape index (κ3) is 4.42. The molecule has 0 saturated carbocycles. The smallest absolute Gasteiger partial charge is 0.127 e. The third-order valence-corrected chi connectivity index (χ3v) is 8.41. The summed E-state index contributed by atoms with van der Waals surface area (Å²) in [6.07, 6.45) is 2.16. The molecular formula is C32H40N2O2. The molecule has 36 heavy (non-hydrogen) atoms. The molecule has 1 atom stereocenters. The molecule has 0 N–H and O–H groups in total. The van der Waals surface area contributed by atoms with Crippen LogP contribution < -0.4 is 19.3 Å². The second-order valence-electron chi connectivity index (χ2n) is 10.9. The van der Waals surface area contributed by atoms with E-state index in [1.165, 1.54) is 39.2 Å². The predicted molar refractivity (Wildman–Crippen MR) is 150 cm³/mol. The lowest BCUT2D eigenvalue weighted by Crippen LogP contribution is -2.47. The first kappa shape index (κ1) is 24.5. The Bertz CT molecular complexity index is 1210. The average Bonchev–Trinajstić information content (AvgIpc) is 3.17. The Morgan fingerprint density at radius 3 is 2.11 bits per heavy atom. The lowest BCUT2D eigenvalue weighted by Gasteiger charge is -2.39. The summed E-state index contributed by atoms with van der Waals surface area (Å²) >= 11 is 0. The minimum Gasteiger partial charge on any atom is -0.497 e. The fourth-order valence-corrected chi connectivity index (χ4v) is 6.27. The standard InChI is InChI=1S/C32H40N2O2/c1-22-23(2)31-29(28(32(4,5)36-31)17-12-25-10-8-7-9-11-25)24(3)30(22)34-20-18-33(19-21-34)26-13-15-27(35-6)16-14-26/h7-11,13-16,28H,12,17-21H2,1-6H3. The molecule has 5 rings (SSSR count). The summed E-state index contributed by atoms with van der Waals surface area (Å²) in [5, 5.41) is 0. The molecule has 2 aliphatic heterocycles. The third-order valence-electron chi connectivity index (χ3n) is 8.41. The molecule has 4 nitrogen and oxygen atoms in total. The van der Waals surface area contributed by atoms with Crippen molar-refractivity contribution in [1.29, 1.82) is 0 Å². The SMILES string of the molecule is COc1ccc(N2CCN(c3c(C)c(C)c4c(c3C)C(CCc3ccccc3)C(C)(C)O4)CC2)cc1. The number of fused-ring (bicyclic) bond motifs is 1. The zero-order valence-corrected chi connectivity index (χ0v) is 22.7. The summed E-state index contributed by atoms with van der Waals surface area (Å²) in [6, 6.07) is 19.3. The Morgan fingerprint density at radius 1 is 0.833 bits per heavy atom. The zero-order valence-electron chi connectivity index (χ0n) is 22.7. The van der Waals surface area contributed by atoms with Crippen molar-refractivity contribution in [3.05, 3.63) is 82.4 Å². The first-order valence-corrected chi connectivity index (χ1v) is 13.3. The van der Waals surface area contributed by atoms with Crippen LogP contribution in [-0.2, 0) is 6.42 Å². The van der Waals surface area contributed by atoms with Gasteiger partial charge in [0, 0.05) is 49.0 Å². The van der Waals surface area contributed by atoms with E-state index < -0.39 is 0 Å². The quantitative estimate of drug-likeness (QED) is 0.383. The maximum atomic E-state index is 6.69. The molecule has 3 aromatic carbocycles. The van der Waals surface area contributed by atoms with Gasteiger partial charge in [-0.1, -0.05) is 30.3 Å². The van der Waals surface area contributed by atoms with E-state index in [-0.39, 0.29) is 5.60 Å². The average molecular weight is 485 g/mol. The first-order valence-electron chi connectivity index (χ1n) is 13.3. The van der Waals surface area contributed by atoms with Gasteiger partial charge in [-0.15, -0.1) is 0 Å². The molecular weight excluding hydrogens is 444 g/mol. The van der Waals surface area contributed by atoms with Gasteiger partial charge in [0.1, 0.15) is 17.1 Å². The van der Waals surface area contributed by atoms with Gasteiger partial charge >= 0.3 is 0 Å². The fourth-order valence-electron chi connectivity index (χ4n) is 6.27. The number of aryl methyl sites for hydroxylation is 1. The van der Waals surface area contributed by atoms with Crippen molar-refractivity contribution in [2.45, 2.75) is 59.0 Å². The van der Waals surface area contributed by atoms with Crippen LogP contribution in [0, 0.1) is 20.8 Å². The number of benzene rings is 3. The number of methoxy groups -OCH3 is 1. The Balaban J connectivity index is 1.40. The Labute approximate surface area is 216 Å². The normalized spacial score (nSPS) is 18.7. The van der Waals surface area contributed by atoms with E-state index in [2.05, 4.69) is 99.0 Å². The van der Waals surface area contributed by atoms with Crippen LogP contribution in [0.15, 0.2) is 54.6 Å². The molecule has 0 spiro atoms. The highest BCUT2D eigenvalue weighted by Gasteiger charge is 2.44. The van der Waals surface area contributed by atoms with Crippen LogP contribution in [-0.4, -0.2) is 38.9 Å². The van der Waals surface area contributed by atoms with Crippen LogP contribution in [0.3, 0.4) is 0 Å². The number of nitrogens with zero attached hydrogens (tertiary/aromatic N) is 2. The van der Waals surface area contributed by atoms with Gasteiger partial charge in [-0.3, -0.25) is 0 Å². The van der Waals surface area contributed by atoms with Crippen molar-refractivity contribution < 1.29 is 9.47 Å². The van der Waals surface area contributed by atoms with E-state index in [0.717, 1.165) is 50.5 Å². The van der Waals surface area contributed by atoms with Gasteiger partial charge in [0.15, 0.2) is 0 Å². The number of hydrogen-bond acceptors (Lipinski definition) is 4. The van der Waals surface area contributed by atoms with Gasteiger partial charge in [-0.25, -0.2) is 0 Å². The van der Waals surface area contributed by atoms with Crippen molar-refractivity contribution in [3.8, 4) is 11.5 Å². The molecule has 190 valence electrons. The van der Waals surface area contributed by atoms with Crippen LogP contribution >= 0.6 is 0 Å². The van der Waals surface area contributed by atoms with Crippen molar-refractivity contribution in [3.63, 3.8) is 0 Å². The van der Waals surface area contributed by atoms with E-state index in [0.29, 0.717) is 5.92 Å². The maximum absolute atomic E-state index is 6.69. The van der Waals surface area contributed by atoms with Crippen molar-refractivity contribution in [2.75, 3.05) is 43.1 Å².